The lowest BCUT2D eigenvalue weighted by molar-refractivity contribution is 0.0687. The van der Waals surface area contributed by atoms with E-state index in [1.54, 1.807) is 0 Å². The van der Waals surface area contributed by atoms with Gasteiger partial charge in [-0.15, -0.1) is 0 Å². The molecular weight excluding hydrogens is 290 g/mol. The zero-order valence-electron chi connectivity index (χ0n) is 10.1. The number of carbonyl (C=O) groups is 2. The van der Waals surface area contributed by atoms with Crippen LogP contribution in [0.1, 0.15) is 27.1 Å². The average Bonchev–Trinajstić information content (AvgIpc) is 2.77. The SMILES string of the molecule is CC(=O)c1sc(Nc2ccc(F)cc2F)nc1C(=O)O. The molecule has 8 heteroatoms. The minimum atomic E-state index is -1.35. The number of thiazole rings is 1. The van der Waals surface area contributed by atoms with Gasteiger partial charge in [0.15, 0.2) is 16.6 Å². The molecule has 2 N–H and O–H groups in total. The van der Waals surface area contributed by atoms with Crippen molar-refractivity contribution in [2.24, 2.45) is 0 Å². The predicted octanol–water partition coefficient (Wildman–Crippen LogP) is 3.07. The fraction of sp³-hybridized carbons (Fsp3) is 0.0833. The highest BCUT2D eigenvalue weighted by molar-refractivity contribution is 7.17. The highest BCUT2D eigenvalue weighted by Gasteiger charge is 2.21. The fourth-order valence-corrected chi connectivity index (χ4v) is 2.33. The number of carboxylic acids is 1. The summed E-state index contributed by atoms with van der Waals surface area (Å²) in [6.07, 6.45) is 0. The number of halogens is 2. The Bertz CT molecular complexity index is 669. The average molecular weight is 298 g/mol. The second-order valence-electron chi connectivity index (χ2n) is 3.81. The number of carboxylic acid groups (broad SMARTS) is 1. The Labute approximate surface area is 115 Å². The lowest BCUT2D eigenvalue weighted by Gasteiger charge is -2.03. The smallest absolute Gasteiger partial charge is 0.356 e. The Kier molecular flexibility index (Phi) is 3.75. The summed E-state index contributed by atoms with van der Waals surface area (Å²) in [5, 5.41) is 11.5. The summed E-state index contributed by atoms with van der Waals surface area (Å²) in [6, 6.07) is 2.88. The molecule has 1 aromatic carbocycles. The number of nitrogens with one attached hydrogen (secondary N) is 1. The number of benzene rings is 1. The number of hydrogen-bond acceptors (Lipinski definition) is 5. The molecular formula is C12H8F2N2O3S. The van der Waals surface area contributed by atoms with Crippen LogP contribution >= 0.6 is 11.3 Å². The van der Waals surface area contributed by atoms with Crippen LogP contribution in [0.5, 0.6) is 0 Å². The second-order valence-corrected chi connectivity index (χ2v) is 4.81. The zero-order valence-corrected chi connectivity index (χ0v) is 10.9. The van der Waals surface area contributed by atoms with E-state index in [1.807, 2.05) is 0 Å². The van der Waals surface area contributed by atoms with Crippen LogP contribution in [0.25, 0.3) is 0 Å². The molecule has 2 rings (SSSR count). The third-order valence-corrected chi connectivity index (χ3v) is 3.39. The van der Waals surface area contributed by atoms with Gasteiger partial charge in [-0.05, 0) is 12.1 Å². The van der Waals surface area contributed by atoms with Crippen molar-refractivity contribution >= 4 is 33.9 Å². The number of anilines is 2. The van der Waals surface area contributed by atoms with Gasteiger partial charge in [-0.25, -0.2) is 18.6 Å². The van der Waals surface area contributed by atoms with E-state index in [2.05, 4.69) is 10.3 Å². The molecule has 0 aliphatic rings. The Balaban J connectivity index is 2.37. The topological polar surface area (TPSA) is 79.3 Å². The molecule has 104 valence electrons. The van der Waals surface area contributed by atoms with Crippen LogP contribution in [0.2, 0.25) is 0 Å². The number of aromatic nitrogens is 1. The third-order valence-electron chi connectivity index (χ3n) is 2.32. The molecule has 0 bridgehead atoms. The van der Waals surface area contributed by atoms with Gasteiger partial charge in [-0.2, -0.15) is 0 Å². The lowest BCUT2D eigenvalue weighted by Crippen LogP contribution is -2.03. The molecule has 0 saturated carbocycles. The van der Waals surface area contributed by atoms with E-state index in [0.717, 1.165) is 23.5 Å². The standard InChI is InChI=1S/C12H8F2N2O3S/c1-5(17)10-9(11(18)19)16-12(20-10)15-8-3-2-6(13)4-7(8)14/h2-4H,1H3,(H,15,16)(H,18,19). The Morgan fingerprint density at radius 1 is 1.35 bits per heavy atom. The number of aromatic carboxylic acids is 1. The van der Waals surface area contributed by atoms with Crippen LogP contribution in [0.15, 0.2) is 18.2 Å². The highest BCUT2D eigenvalue weighted by Crippen LogP contribution is 2.28. The zero-order chi connectivity index (χ0) is 14.9. The van der Waals surface area contributed by atoms with Crippen molar-refractivity contribution < 1.29 is 23.5 Å². The van der Waals surface area contributed by atoms with Gasteiger partial charge >= 0.3 is 5.97 Å². The molecule has 0 atom stereocenters. The Hall–Kier alpha value is -2.35. The van der Waals surface area contributed by atoms with Crippen molar-refractivity contribution in [1.29, 1.82) is 0 Å². The van der Waals surface area contributed by atoms with Crippen molar-refractivity contribution in [3.8, 4) is 0 Å². The largest absolute Gasteiger partial charge is 0.476 e. The monoisotopic (exact) mass is 298 g/mol. The summed E-state index contributed by atoms with van der Waals surface area (Å²) in [5.74, 6) is -3.38. The predicted molar refractivity (Wildman–Crippen MR) is 68.7 cm³/mol. The van der Waals surface area contributed by atoms with Gasteiger partial charge < -0.3 is 10.4 Å². The molecule has 0 fully saturated rings. The maximum Gasteiger partial charge on any atom is 0.356 e. The van der Waals surface area contributed by atoms with Crippen LogP contribution in [-0.2, 0) is 0 Å². The van der Waals surface area contributed by atoms with E-state index in [9.17, 15) is 18.4 Å². The summed E-state index contributed by atoms with van der Waals surface area (Å²) in [4.78, 5) is 25.9. The fourth-order valence-electron chi connectivity index (χ4n) is 1.46. The molecule has 0 radical (unpaired) electrons. The Morgan fingerprint density at radius 2 is 2.05 bits per heavy atom. The number of hydrogen-bond donors (Lipinski definition) is 2. The van der Waals surface area contributed by atoms with Crippen LogP contribution in [-0.4, -0.2) is 21.8 Å². The molecule has 0 amide bonds. The number of ketones is 1. The van der Waals surface area contributed by atoms with E-state index < -0.39 is 29.1 Å². The van der Waals surface area contributed by atoms with Crippen LogP contribution in [0.4, 0.5) is 19.6 Å². The van der Waals surface area contributed by atoms with Gasteiger partial charge in [0, 0.05) is 13.0 Å². The molecule has 2 aromatic rings. The van der Waals surface area contributed by atoms with Crippen LogP contribution in [0.3, 0.4) is 0 Å². The molecule has 1 heterocycles. The summed E-state index contributed by atoms with van der Waals surface area (Å²) in [5.41, 5.74) is -0.459. The van der Waals surface area contributed by atoms with E-state index in [-0.39, 0.29) is 15.7 Å². The molecule has 0 unspecified atom stereocenters. The van der Waals surface area contributed by atoms with Crippen LogP contribution < -0.4 is 5.32 Å². The van der Waals surface area contributed by atoms with Gasteiger partial charge in [0.25, 0.3) is 0 Å². The van der Waals surface area contributed by atoms with Crippen molar-refractivity contribution in [3.63, 3.8) is 0 Å². The minimum absolute atomic E-state index is 0.0393. The van der Waals surface area contributed by atoms with E-state index in [1.165, 1.54) is 6.92 Å². The van der Waals surface area contributed by atoms with Crippen LogP contribution in [0, 0.1) is 11.6 Å². The molecule has 0 spiro atoms. The van der Waals surface area contributed by atoms with Crippen molar-refractivity contribution in [2.45, 2.75) is 6.92 Å². The number of nitrogens with zero attached hydrogens (tertiary/aromatic N) is 1. The van der Waals surface area contributed by atoms with E-state index in [4.69, 9.17) is 5.11 Å². The first-order valence-corrected chi connectivity index (χ1v) is 6.17. The van der Waals surface area contributed by atoms with Crippen molar-refractivity contribution in [1.82, 2.24) is 4.98 Å². The van der Waals surface area contributed by atoms with Crippen molar-refractivity contribution in [2.75, 3.05) is 5.32 Å². The lowest BCUT2D eigenvalue weighted by atomic mass is 10.3. The van der Waals surface area contributed by atoms with Gasteiger partial charge in [-0.3, -0.25) is 4.79 Å². The highest BCUT2D eigenvalue weighted by atomic mass is 32.1. The van der Waals surface area contributed by atoms with Gasteiger partial charge in [0.05, 0.1) is 5.69 Å². The van der Waals surface area contributed by atoms with Gasteiger partial charge in [0.1, 0.15) is 16.5 Å². The summed E-state index contributed by atoms with van der Waals surface area (Å²) in [7, 11) is 0. The maximum absolute atomic E-state index is 13.5. The first-order valence-electron chi connectivity index (χ1n) is 5.35. The molecule has 5 nitrogen and oxygen atoms in total. The molecule has 0 saturated heterocycles. The summed E-state index contributed by atoms with van der Waals surface area (Å²) in [6.45, 7) is 1.21. The van der Waals surface area contributed by atoms with Crippen molar-refractivity contribution in [3.05, 3.63) is 40.4 Å². The molecule has 0 aliphatic carbocycles. The Morgan fingerprint density at radius 3 is 2.55 bits per heavy atom. The quantitative estimate of drug-likeness (QED) is 0.848. The van der Waals surface area contributed by atoms with Gasteiger partial charge in [-0.1, -0.05) is 11.3 Å². The maximum atomic E-state index is 13.5. The minimum Gasteiger partial charge on any atom is -0.476 e. The van der Waals surface area contributed by atoms with Gasteiger partial charge in [0.2, 0.25) is 0 Å². The van der Waals surface area contributed by atoms with E-state index >= 15 is 0 Å². The molecule has 20 heavy (non-hydrogen) atoms. The second kappa shape index (κ2) is 5.33. The summed E-state index contributed by atoms with van der Waals surface area (Å²) < 4.78 is 26.2. The first kappa shape index (κ1) is 14.1. The number of Topliss-reactive ketones (excluding diaryl/α,β-unsaturated/α-hetero) is 1. The number of carbonyl (C=O) groups excluding carboxylic acids is 1. The van der Waals surface area contributed by atoms with E-state index in [0.29, 0.717) is 6.07 Å². The number of rotatable bonds is 4. The molecule has 0 aliphatic heterocycles. The first-order chi connectivity index (χ1) is 9.38. The molecule has 1 aromatic heterocycles. The normalized spacial score (nSPS) is 10.3. The summed E-state index contributed by atoms with van der Waals surface area (Å²) >= 11 is 0.791. The third kappa shape index (κ3) is 2.80.